The average Bonchev–Trinajstić information content (AvgIpc) is 2.52. The lowest BCUT2D eigenvalue weighted by Gasteiger charge is -2.08. The highest BCUT2D eigenvalue weighted by Gasteiger charge is 2.16. The number of hydrogen-bond acceptors (Lipinski definition) is 6. The molecule has 1 aromatic heterocycles. The van der Waals surface area contributed by atoms with Gasteiger partial charge in [-0.25, -0.2) is 4.98 Å². The fourth-order valence-electron chi connectivity index (χ4n) is 1.77. The van der Waals surface area contributed by atoms with E-state index >= 15 is 0 Å². The number of pyridine rings is 1. The van der Waals surface area contributed by atoms with E-state index in [9.17, 15) is 10.1 Å². The summed E-state index contributed by atoms with van der Waals surface area (Å²) in [5.74, 6) is 0.130. The quantitative estimate of drug-likeness (QED) is 0.662. The number of ether oxygens (including phenoxy) is 1. The Morgan fingerprint density at radius 1 is 1.43 bits per heavy atom. The van der Waals surface area contributed by atoms with Gasteiger partial charge in [0.15, 0.2) is 5.75 Å². The third kappa shape index (κ3) is 3.32. The van der Waals surface area contributed by atoms with E-state index in [1.807, 2.05) is 6.07 Å². The summed E-state index contributed by atoms with van der Waals surface area (Å²) in [5.41, 5.74) is 6.76. The second kappa shape index (κ2) is 6.45. The van der Waals surface area contributed by atoms with Gasteiger partial charge in [0.1, 0.15) is 18.4 Å². The van der Waals surface area contributed by atoms with Crippen LogP contribution in [0.3, 0.4) is 0 Å². The van der Waals surface area contributed by atoms with Gasteiger partial charge in [-0.05, 0) is 17.7 Å². The third-order valence-electron chi connectivity index (χ3n) is 2.84. The molecule has 0 aliphatic heterocycles. The fraction of sp³-hybridized carbons (Fsp3) is 0.143. The minimum Gasteiger partial charge on any atom is -0.482 e. The Morgan fingerprint density at radius 2 is 2.24 bits per heavy atom. The molecule has 0 aliphatic rings. The molecule has 2 aromatic rings. The van der Waals surface area contributed by atoms with Gasteiger partial charge in [0.05, 0.1) is 4.92 Å². The lowest BCUT2D eigenvalue weighted by atomic mass is 10.2. The number of nitrogens with two attached hydrogens (primary N) is 1. The molecule has 0 saturated heterocycles. The molecule has 0 aliphatic carbocycles. The van der Waals surface area contributed by atoms with Gasteiger partial charge in [-0.1, -0.05) is 12.1 Å². The number of nitriles is 1. The Balaban J connectivity index is 2.24. The first-order valence-electron chi connectivity index (χ1n) is 6.10. The first-order valence-corrected chi connectivity index (χ1v) is 6.10. The number of benzene rings is 1. The smallest absolute Gasteiger partial charge is 0.311 e. The molecule has 21 heavy (non-hydrogen) atoms. The van der Waals surface area contributed by atoms with Crippen molar-refractivity contribution in [1.29, 1.82) is 5.26 Å². The topological polar surface area (TPSA) is 115 Å². The van der Waals surface area contributed by atoms with E-state index < -0.39 is 4.92 Å². The van der Waals surface area contributed by atoms with Gasteiger partial charge < -0.3 is 10.5 Å². The lowest BCUT2D eigenvalue weighted by molar-refractivity contribution is -0.386. The summed E-state index contributed by atoms with van der Waals surface area (Å²) in [4.78, 5) is 14.4. The summed E-state index contributed by atoms with van der Waals surface area (Å²) >= 11 is 0. The van der Waals surface area contributed by atoms with E-state index in [0.29, 0.717) is 11.1 Å². The van der Waals surface area contributed by atoms with Gasteiger partial charge in [0.25, 0.3) is 0 Å². The summed E-state index contributed by atoms with van der Waals surface area (Å²) in [5, 5.41) is 20.0. The molecule has 0 saturated carbocycles. The predicted molar refractivity (Wildman–Crippen MR) is 74.3 cm³/mol. The number of aromatic nitrogens is 1. The summed E-state index contributed by atoms with van der Waals surface area (Å²) < 4.78 is 5.45. The van der Waals surface area contributed by atoms with E-state index in [1.165, 1.54) is 18.3 Å². The molecule has 0 amide bonds. The van der Waals surface area contributed by atoms with Crippen LogP contribution in [0.2, 0.25) is 0 Å². The summed E-state index contributed by atoms with van der Waals surface area (Å²) in [6.07, 6.45) is 1.50. The van der Waals surface area contributed by atoms with Crippen molar-refractivity contribution in [3.8, 4) is 11.8 Å². The van der Waals surface area contributed by atoms with E-state index in [4.69, 9.17) is 15.7 Å². The van der Waals surface area contributed by atoms with E-state index in [1.54, 1.807) is 18.2 Å². The second-order valence-electron chi connectivity index (χ2n) is 4.17. The maximum Gasteiger partial charge on any atom is 0.311 e. The molecule has 0 spiro atoms. The van der Waals surface area contributed by atoms with Crippen molar-refractivity contribution in [2.75, 3.05) is 0 Å². The predicted octanol–water partition coefficient (Wildman–Crippen LogP) is 1.90. The Bertz CT molecular complexity index is 710. The average molecular weight is 284 g/mol. The molecule has 2 N–H and O–H groups in total. The summed E-state index contributed by atoms with van der Waals surface area (Å²) in [7, 11) is 0. The van der Waals surface area contributed by atoms with E-state index in [0.717, 1.165) is 0 Å². The number of rotatable bonds is 5. The van der Waals surface area contributed by atoms with Gasteiger partial charge in [-0.15, -0.1) is 0 Å². The minimum atomic E-state index is -0.525. The maximum atomic E-state index is 11.0. The Kier molecular flexibility index (Phi) is 4.43. The number of nitro groups is 1. The first kappa shape index (κ1) is 14.4. The van der Waals surface area contributed by atoms with Crippen LogP contribution in [0.5, 0.6) is 5.75 Å². The van der Waals surface area contributed by atoms with Crippen LogP contribution in [0.15, 0.2) is 36.5 Å². The van der Waals surface area contributed by atoms with Crippen LogP contribution < -0.4 is 10.5 Å². The highest BCUT2D eigenvalue weighted by molar-refractivity contribution is 5.49. The molecule has 2 rings (SSSR count). The summed E-state index contributed by atoms with van der Waals surface area (Å²) in [6.45, 7) is 0.238. The van der Waals surface area contributed by atoms with Crippen LogP contribution in [0, 0.1) is 21.4 Å². The molecule has 7 heteroatoms. The second-order valence-corrected chi connectivity index (χ2v) is 4.17. The molecule has 1 heterocycles. The van der Waals surface area contributed by atoms with Crippen molar-refractivity contribution in [3.63, 3.8) is 0 Å². The zero-order valence-electron chi connectivity index (χ0n) is 11.0. The van der Waals surface area contributed by atoms with Crippen LogP contribution in [0.4, 0.5) is 5.69 Å². The molecular formula is C14H12N4O3. The van der Waals surface area contributed by atoms with Crippen molar-refractivity contribution in [2.24, 2.45) is 5.73 Å². The van der Waals surface area contributed by atoms with Crippen LogP contribution in [0.25, 0.3) is 0 Å². The largest absolute Gasteiger partial charge is 0.482 e. The zero-order chi connectivity index (χ0) is 15.2. The monoisotopic (exact) mass is 284 g/mol. The van der Waals surface area contributed by atoms with Crippen molar-refractivity contribution in [2.45, 2.75) is 13.2 Å². The normalized spacial score (nSPS) is 9.90. The van der Waals surface area contributed by atoms with Crippen LogP contribution in [-0.4, -0.2) is 9.91 Å². The van der Waals surface area contributed by atoms with Crippen LogP contribution >= 0.6 is 0 Å². The highest BCUT2D eigenvalue weighted by atomic mass is 16.6. The zero-order valence-corrected chi connectivity index (χ0v) is 11.0. The van der Waals surface area contributed by atoms with Gasteiger partial charge in [0, 0.05) is 24.4 Å². The number of nitro benzene ring substituents is 1. The van der Waals surface area contributed by atoms with Gasteiger partial charge in [-0.3, -0.25) is 10.1 Å². The van der Waals surface area contributed by atoms with Gasteiger partial charge in [-0.2, -0.15) is 5.26 Å². The Morgan fingerprint density at radius 3 is 2.90 bits per heavy atom. The van der Waals surface area contributed by atoms with Crippen LogP contribution in [0.1, 0.15) is 16.8 Å². The van der Waals surface area contributed by atoms with Crippen molar-refractivity contribution in [1.82, 2.24) is 4.98 Å². The molecule has 0 radical (unpaired) electrons. The molecule has 0 fully saturated rings. The number of nitrogens with zero attached hydrogens (tertiary/aromatic N) is 3. The first-order chi connectivity index (χ1) is 10.2. The summed E-state index contributed by atoms with van der Waals surface area (Å²) in [6, 6.07) is 9.85. The van der Waals surface area contributed by atoms with Crippen LogP contribution in [-0.2, 0) is 13.2 Å². The van der Waals surface area contributed by atoms with Gasteiger partial charge in [0.2, 0.25) is 0 Å². The molecule has 0 unspecified atom stereocenters. The molecule has 1 aromatic carbocycles. The maximum absolute atomic E-state index is 11.0. The highest BCUT2D eigenvalue weighted by Crippen LogP contribution is 2.28. The molecule has 0 bridgehead atoms. The fourth-order valence-corrected chi connectivity index (χ4v) is 1.77. The van der Waals surface area contributed by atoms with Crippen molar-refractivity contribution >= 4 is 5.69 Å². The molecule has 0 atom stereocenters. The Labute approximate surface area is 120 Å². The Hall–Kier alpha value is -2.98. The standard InChI is InChI=1S/C14H12N4O3/c15-7-10-3-4-14(13(6-10)18(19)20)21-9-11-2-1-5-17-12(11)8-16/h1-6H,7,9,15H2. The van der Waals surface area contributed by atoms with E-state index in [2.05, 4.69) is 4.98 Å². The SMILES string of the molecule is N#Cc1ncccc1COc1ccc(CN)cc1[N+](=O)[O-]. The molecule has 7 nitrogen and oxygen atoms in total. The van der Waals surface area contributed by atoms with E-state index in [-0.39, 0.29) is 30.3 Å². The number of hydrogen-bond donors (Lipinski definition) is 1. The van der Waals surface area contributed by atoms with Crippen molar-refractivity contribution < 1.29 is 9.66 Å². The van der Waals surface area contributed by atoms with Crippen molar-refractivity contribution in [3.05, 3.63) is 63.5 Å². The lowest BCUT2D eigenvalue weighted by Crippen LogP contribution is -2.03. The third-order valence-corrected chi connectivity index (χ3v) is 2.84. The molecule has 106 valence electrons. The minimum absolute atomic E-state index is 0.0273. The molecular weight excluding hydrogens is 272 g/mol. The van der Waals surface area contributed by atoms with Gasteiger partial charge >= 0.3 is 5.69 Å².